The van der Waals surface area contributed by atoms with Gasteiger partial charge in [-0.25, -0.2) is 13.2 Å². The first kappa shape index (κ1) is 14.2. The molecule has 0 bridgehead atoms. The van der Waals surface area contributed by atoms with E-state index in [9.17, 15) is 13.2 Å². The second-order valence-electron chi connectivity index (χ2n) is 4.04. The topological polar surface area (TPSA) is 0 Å². The second kappa shape index (κ2) is 5.85. The van der Waals surface area contributed by atoms with Gasteiger partial charge in [0.25, 0.3) is 0 Å². The summed E-state index contributed by atoms with van der Waals surface area (Å²) < 4.78 is 40.6. The maximum absolute atomic E-state index is 13.6. The molecule has 2 aromatic rings. The fraction of sp³-hybridized carbons (Fsp3) is 0.143. The van der Waals surface area contributed by atoms with E-state index in [1.165, 1.54) is 18.2 Å². The van der Waals surface area contributed by atoms with Gasteiger partial charge in [0.1, 0.15) is 17.5 Å². The van der Waals surface area contributed by atoms with Crippen LogP contribution in [0.15, 0.2) is 36.4 Å². The molecule has 0 saturated carbocycles. The Bertz CT molecular complexity index is 579. The van der Waals surface area contributed by atoms with E-state index in [2.05, 4.69) is 0 Å². The van der Waals surface area contributed by atoms with E-state index in [0.717, 1.165) is 18.2 Å². The Morgan fingerprint density at radius 2 is 1.58 bits per heavy atom. The van der Waals surface area contributed by atoms with Crippen molar-refractivity contribution in [3.05, 3.63) is 70.0 Å². The first-order valence-corrected chi connectivity index (χ1v) is 6.32. The summed E-state index contributed by atoms with van der Waals surface area (Å²) in [5.74, 6) is -1.98. The first-order valence-electron chi connectivity index (χ1n) is 5.51. The predicted molar refractivity (Wildman–Crippen MR) is 70.1 cm³/mol. The minimum absolute atomic E-state index is 0.140. The summed E-state index contributed by atoms with van der Waals surface area (Å²) in [6.07, 6.45) is -0.140. The SMILES string of the molecule is Fc1cc(Cl)ccc1C(Cl)Cc1c(F)cccc1F. The lowest BCUT2D eigenvalue weighted by Crippen LogP contribution is -2.03. The van der Waals surface area contributed by atoms with Crippen LogP contribution in [0.1, 0.15) is 16.5 Å². The van der Waals surface area contributed by atoms with Gasteiger partial charge in [0, 0.05) is 16.1 Å². The lowest BCUT2D eigenvalue weighted by Gasteiger charge is -2.12. The zero-order chi connectivity index (χ0) is 14.0. The molecule has 2 rings (SSSR count). The van der Waals surface area contributed by atoms with Crippen molar-refractivity contribution in [3.8, 4) is 0 Å². The quantitative estimate of drug-likeness (QED) is 0.677. The van der Waals surface area contributed by atoms with Crippen LogP contribution in [0, 0.1) is 17.5 Å². The Balaban J connectivity index is 2.28. The van der Waals surface area contributed by atoms with E-state index >= 15 is 0 Å². The smallest absolute Gasteiger partial charge is 0.129 e. The summed E-state index contributed by atoms with van der Waals surface area (Å²) in [6.45, 7) is 0. The standard InChI is InChI=1S/C14H9Cl2F3/c15-8-4-5-9(14(19)6-8)11(16)7-10-12(17)2-1-3-13(10)18/h1-6,11H,7H2. The molecule has 1 unspecified atom stereocenters. The van der Waals surface area contributed by atoms with Crippen molar-refractivity contribution in [2.75, 3.05) is 0 Å². The molecule has 0 nitrogen and oxygen atoms in total. The molecule has 0 aromatic heterocycles. The van der Waals surface area contributed by atoms with Gasteiger partial charge in [-0.05, 0) is 30.7 Å². The number of alkyl halides is 1. The van der Waals surface area contributed by atoms with E-state index in [0.29, 0.717) is 0 Å². The third-order valence-electron chi connectivity index (χ3n) is 2.74. The molecular formula is C14H9Cl2F3. The first-order chi connectivity index (χ1) is 8.99. The Hall–Kier alpha value is -1.19. The fourth-order valence-electron chi connectivity index (χ4n) is 1.77. The maximum Gasteiger partial charge on any atom is 0.129 e. The van der Waals surface area contributed by atoms with Crippen molar-refractivity contribution in [2.24, 2.45) is 0 Å². The van der Waals surface area contributed by atoms with Crippen LogP contribution >= 0.6 is 23.2 Å². The molecule has 0 aliphatic heterocycles. The van der Waals surface area contributed by atoms with Gasteiger partial charge in [-0.3, -0.25) is 0 Å². The summed E-state index contributed by atoms with van der Waals surface area (Å²) in [6, 6.07) is 7.55. The maximum atomic E-state index is 13.6. The molecule has 0 saturated heterocycles. The Labute approximate surface area is 118 Å². The fourth-order valence-corrected chi connectivity index (χ4v) is 2.26. The van der Waals surface area contributed by atoms with Crippen molar-refractivity contribution in [3.63, 3.8) is 0 Å². The summed E-state index contributed by atoms with van der Waals surface area (Å²) in [7, 11) is 0. The highest BCUT2D eigenvalue weighted by molar-refractivity contribution is 6.30. The lowest BCUT2D eigenvalue weighted by atomic mass is 10.0. The van der Waals surface area contributed by atoms with Crippen LogP contribution < -0.4 is 0 Å². The number of hydrogen-bond acceptors (Lipinski definition) is 0. The normalized spacial score (nSPS) is 12.5. The monoisotopic (exact) mass is 304 g/mol. The Kier molecular flexibility index (Phi) is 4.38. The summed E-state index contributed by atoms with van der Waals surface area (Å²) in [5.41, 5.74) is 0.00516. The Morgan fingerprint density at radius 1 is 0.947 bits per heavy atom. The molecule has 0 aliphatic rings. The van der Waals surface area contributed by atoms with E-state index in [1.54, 1.807) is 0 Å². The van der Waals surface area contributed by atoms with Crippen LogP contribution in [0.25, 0.3) is 0 Å². The second-order valence-corrected chi connectivity index (χ2v) is 5.00. The van der Waals surface area contributed by atoms with Crippen molar-refractivity contribution in [2.45, 2.75) is 11.8 Å². The largest absolute Gasteiger partial charge is 0.207 e. The van der Waals surface area contributed by atoms with Crippen LogP contribution in [-0.2, 0) is 6.42 Å². The molecule has 5 heteroatoms. The zero-order valence-electron chi connectivity index (χ0n) is 9.64. The predicted octanol–water partition coefficient (Wildman–Crippen LogP) is 5.28. The lowest BCUT2D eigenvalue weighted by molar-refractivity contribution is 0.548. The van der Waals surface area contributed by atoms with Crippen molar-refractivity contribution in [1.82, 2.24) is 0 Å². The Morgan fingerprint density at radius 3 is 2.16 bits per heavy atom. The number of benzene rings is 2. The number of halogens is 5. The van der Waals surface area contributed by atoms with Crippen molar-refractivity contribution >= 4 is 23.2 Å². The average molecular weight is 305 g/mol. The number of hydrogen-bond donors (Lipinski definition) is 0. The van der Waals surface area contributed by atoms with Crippen LogP contribution in [0.5, 0.6) is 0 Å². The van der Waals surface area contributed by atoms with Gasteiger partial charge >= 0.3 is 0 Å². The van der Waals surface area contributed by atoms with E-state index in [-0.39, 0.29) is 22.6 Å². The molecule has 0 amide bonds. The molecule has 19 heavy (non-hydrogen) atoms. The van der Waals surface area contributed by atoms with Crippen molar-refractivity contribution in [1.29, 1.82) is 0 Å². The van der Waals surface area contributed by atoms with E-state index < -0.39 is 22.8 Å². The average Bonchev–Trinajstić information content (AvgIpc) is 2.33. The van der Waals surface area contributed by atoms with E-state index in [1.807, 2.05) is 0 Å². The molecule has 0 radical (unpaired) electrons. The molecular weight excluding hydrogens is 296 g/mol. The summed E-state index contributed by atoms with van der Waals surface area (Å²) in [4.78, 5) is 0. The molecule has 1 atom stereocenters. The van der Waals surface area contributed by atoms with Crippen LogP contribution in [0.4, 0.5) is 13.2 Å². The number of rotatable bonds is 3. The molecule has 0 aliphatic carbocycles. The third kappa shape index (κ3) is 3.23. The van der Waals surface area contributed by atoms with Gasteiger partial charge in [0.05, 0.1) is 5.38 Å². The summed E-state index contributed by atoms with van der Waals surface area (Å²) in [5, 5.41) is -0.633. The molecule has 0 heterocycles. The van der Waals surface area contributed by atoms with Gasteiger partial charge in [0.15, 0.2) is 0 Å². The molecule has 100 valence electrons. The zero-order valence-corrected chi connectivity index (χ0v) is 11.2. The highest BCUT2D eigenvalue weighted by atomic mass is 35.5. The molecule has 0 fully saturated rings. The minimum atomic E-state index is -0.872. The molecule has 0 N–H and O–H groups in total. The van der Waals surface area contributed by atoms with Gasteiger partial charge in [-0.15, -0.1) is 11.6 Å². The van der Waals surface area contributed by atoms with Crippen molar-refractivity contribution < 1.29 is 13.2 Å². The minimum Gasteiger partial charge on any atom is -0.207 e. The highest BCUT2D eigenvalue weighted by Crippen LogP contribution is 2.30. The van der Waals surface area contributed by atoms with Gasteiger partial charge in [0.2, 0.25) is 0 Å². The highest BCUT2D eigenvalue weighted by Gasteiger charge is 2.18. The molecule has 0 spiro atoms. The molecule has 2 aromatic carbocycles. The summed E-state index contributed by atoms with van der Waals surface area (Å²) >= 11 is 11.7. The van der Waals surface area contributed by atoms with E-state index in [4.69, 9.17) is 23.2 Å². The van der Waals surface area contributed by atoms with Gasteiger partial charge in [-0.1, -0.05) is 23.7 Å². The third-order valence-corrected chi connectivity index (χ3v) is 3.37. The van der Waals surface area contributed by atoms with Crippen LogP contribution in [0.2, 0.25) is 5.02 Å². The van der Waals surface area contributed by atoms with Crippen LogP contribution in [-0.4, -0.2) is 0 Å². The van der Waals surface area contributed by atoms with Gasteiger partial charge in [-0.2, -0.15) is 0 Å². The van der Waals surface area contributed by atoms with Gasteiger partial charge < -0.3 is 0 Å². The van der Waals surface area contributed by atoms with Crippen LogP contribution in [0.3, 0.4) is 0 Å².